The van der Waals surface area contributed by atoms with E-state index >= 15 is 0 Å². The van der Waals surface area contributed by atoms with E-state index in [0.29, 0.717) is 19.0 Å². The van der Waals surface area contributed by atoms with Gasteiger partial charge in [-0.25, -0.2) is 4.98 Å². The molecule has 3 aromatic rings. The first-order valence-electron chi connectivity index (χ1n) is 9.51. The van der Waals surface area contributed by atoms with Crippen molar-refractivity contribution in [3.8, 4) is 5.75 Å². The predicted octanol–water partition coefficient (Wildman–Crippen LogP) is 2.15. The maximum atomic E-state index is 12.7. The highest BCUT2D eigenvalue weighted by Crippen LogP contribution is 2.29. The van der Waals surface area contributed by atoms with Gasteiger partial charge in [0.25, 0.3) is 5.56 Å². The molecule has 7 nitrogen and oxygen atoms in total. The molecule has 4 rings (SSSR count). The Kier molecular flexibility index (Phi) is 4.90. The van der Waals surface area contributed by atoms with Gasteiger partial charge in [0, 0.05) is 32.3 Å². The average Bonchev–Trinajstić information content (AvgIpc) is 3.06. The standard InChI is InChI=1S/C21H24N4O3/c1-23-17-7-4-3-6-16(17)22-20(23)15-9-12-24(13-10-15)19(26)14-25-11-5-8-18(28-2)21(25)27/h3-8,11,15H,9-10,12-14H2,1-2H3. The van der Waals surface area contributed by atoms with Crippen LogP contribution in [0, 0.1) is 0 Å². The monoisotopic (exact) mass is 380 g/mol. The van der Waals surface area contributed by atoms with Crippen LogP contribution in [0.1, 0.15) is 24.6 Å². The molecule has 1 amide bonds. The number of hydrogen-bond acceptors (Lipinski definition) is 4. The fourth-order valence-electron chi connectivity index (χ4n) is 3.96. The normalized spacial score (nSPS) is 15.1. The average molecular weight is 380 g/mol. The molecule has 28 heavy (non-hydrogen) atoms. The van der Waals surface area contributed by atoms with Crippen molar-refractivity contribution in [1.29, 1.82) is 0 Å². The number of carbonyl (C=O) groups is 1. The van der Waals surface area contributed by atoms with Crippen LogP contribution in [-0.4, -0.2) is 45.1 Å². The zero-order valence-electron chi connectivity index (χ0n) is 16.2. The van der Waals surface area contributed by atoms with Crippen molar-refractivity contribution in [2.75, 3.05) is 20.2 Å². The number of nitrogens with zero attached hydrogens (tertiary/aromatic N) is 4. The van der Waals surface area contributed by atoms with Crippen molar-refractivity contribution in [2.24, 2.45) is 7.05 Å². The maximum absolute atomic E-state index is 12.7. The number of piperidine rings is 1. The molecule has 3 heterocycles. The highest BCUT2D eigenvalue weighted by molar-refractivity contribution is 5.77. The summed E-state index contributed by atoms with van der Waals surface area (Å²) in [6, 6.07) is 11.5. The Bertz CT molecular complexity index is 1060. The number of likely N-dealkylation sites (tertiary alicyclic amines) is 1. The molecule has 0 aliphatic carbocycles. The zero-order valence-corrected chi connectivity index (χ0v) is 16.2. The lowest BCUT2D eigenvalue weighted by atomic mass is 9.96. The van der Waals surface area contributed by atoms with Crippen LogP contribution in [0.5, 0.6) is 5.75 Å². The van der Waals surface area contributed by atoms with Crippen molar-refractivity contribution in [3.05, 3.63) is 58.8 Å². The Hall–Kier alpha value is -3.09. The predicted molar refractivity (Wildman–Crippen MR) is 107 cm³/mol. The third-order valence-corrected chi connectivity index (χ3v) is 5.55. The summed E-state index contributed by atoms with van der Waals surface area (Å²) in [7, 11) is 3.51. The summed E-state index contributed by atoms with van der Waals surface area (Å²) in [5.41, 5.74) is 1.86. The molecule has 0 radical (unpaired) electrons. The van der Waals surface area contributed by atoms with Crippen molar-refractivity contribution in [3.63, 3.8) is 0 Å². The Morgan fingerprint density at radius 1 is 1.18 bits per heavy atom. The third kappa shape index (κ3) is 3.28. The summed E-state index contributed by atoms with van der Waals surface area (Å²) in [5.74, 6) is 1.62. The molecule has 1 aliphatic heterocycles. The molecule has 2 aromatic heterocycles. The smallest absolute Gasteiger partial charge is 0.293 e. The van der Waals surface area contributed by atoms with Gasteiger partial charge in [0.05, 0.1) is 18.1 Å². The number of ether oxygens (including phenoxy) is 1. The molecule has 0 N–H and O–H groups in total. The number of hydrogen-bond donors (Lipinski definition) is 0. The molecular formula is C21H24N4O3. The van der Waals surface area contributed by atoms with Gasteiger partial charge in [-0.3, -0.25) is 9.59 Å². The lowest BCUT2D eigenvalue weighted by Crippen LogP contribution is -2.41. The lowest BCUT2D eigenvalue weighted by Gasteiger charge is -2.32. The summed E-state index contributed by atoms with van der Waals surface area (Å²) in [6.07, 6.45) is 3.36. The SMILES string of the molecule is COc1cccn(CC(=O)N2CCC(c3nc4ccccc4n3C)CC2)c1=O. The number of aryl methyl sites for hydroxylation is 1. The van der Waals surface area contributed by atoms with E-state index in [4.69, 9.17) is 9.72 Å². The van der Waals surface area contributed by atoms with Gasteiger partial charge in [-0.1, -0.05) is 12.1 Å². The number of carbonyl (C=O) groups excluding carboxylic acids is 1. The fourth-order valence-corrected chi connectivity index (χ4v) is 3.96. The van der Waals surface area contributed by atoms with Gasteiger partial charge < -0.3 is 18.8 Å². The molecule has 1 aromatic carbocycles. The van der Waals surface area contributed by atoms with Crippen LogP contribution in [0.2, 0.25) is 0 Å². The Labute approximate surface area is 163 Å². The summed E-state index contributed by atoms with van der Waals surface area (Å²) < 4.78 is 8.61. The van der Waals surface area contributed by atoms with E-state index in [2.05, 4.69) is 17.7 Å². The molecule has 0 unspecified atom stereocenters. The minimum atomic E-state index is -0.284. The van der Waals surface area contributed by atoms with Crippen molar-refractivity contribution < 1.29 is 9.53 Å². The van der Waals surface area contributed by atoms with Gasteiger partial charge in [0.1, 0.15) is 12.4 Å². The van der Waals surface area contributed by atoms with Gasteiger partial charge >= 0.3 is 0 Å². The Morgan fingerprint density at radius 2 is 1.93 bits per heavy atom. The number of benzene rings is 1. The summed E-state index contributed by atoms with van der Waals surface area (Å²) in [4.78, 5) is 31.6. The molecule has 1 aliphatic rings. The van der Waals surface area contributed by atoms with E-state index in [1.165, 1.54) is 11.7 Å². The van der Waals surface area contributed by atoms with E-state index in [1.54, 1.807) is 18.3 Å². The van der Waals surface area contributed by atoms with Crippen LogP contribution in [0.25, 0.3) is 11.0 Å². The quantitative estimate of drug-likeness (QED) is 0.695. The second-order valence-electron chi connectivity index (χ2n) is 7.18. The number of methoxy groups -OCH3 is 1. The van der Waals surface area contributed by atoms with Crippen LogP contribution in [0.3, 0.4) is 0 Å². The topological polar surface area (TPSA) is 69.4 Å². The van der Waals surface area contributed by atoms with Crippen molar-refractivity contribution >= 4 is 16.9 Å². The molecule has 0 bridgehead atoms. The molecule has 0 atom stereocenters. The van der Waals surface area contributed by atoms with E-state index in [-0.39, 0.29) is 23.8 Å². The lowest BCUT2D eigenvalue weighted by molar-refractivity contribution is -0.133. The van der Waals surface area contributed by atoms with Crippen LogP contribution in [0.15, 0.2) is 47.4 Å². The number of pyridine rings is 1. The van der Waals surface area contributed by atoms with Crippen LogP contribution >= 0.6 is 0 Å². The first kappa shape index (κ1) is 18.3. The molecule has 7 heteroatoms. The number of imidazole rings is 1. The minimum Gasteiger partial charge on any atom is -0.491 e. The summed E-state index contributed by atoms with van der Waals surface area (Å²) >= 11 is 0. The third-order valence-electron chi connectivity index (χ3n) is 5.55. The Morgan fingerprint density at radius 3 is 2.64 bits per heavy atom. The van der Waals surface area contributed by atoms with Gasteiger partial charge in [0.15, 0.2) is 5.75 Å². The number of aromatic nitrogens is 3. The number of fused-ring (bicyclic) bond motifs is 1. The van der Waals surface area contributed by atoms with Crippen LogP contribution < -0.4 is 10.3 Å². The van der Waals surface area contributed by atoms with E-state index in [9.17, 15) is 9.59 Å². The van der Waals surface area contributed by atoms with Crippen LogP contribution in [-0.2, 0) is 18.4 Å². The van der Waals surface area contributed by atoms with Gasteiger partial charge in [0.2, 0.25) is 5.91 Å². The Balaban J connectivity index is 1.43. The molecule has 0 spiro atoms. The molecule has 1 fully saturated rings. The summed E-state index contributed by atoms with van der Waals surface area (Å²) in [5, 5.41) is 0. The van der Waals surface area contributed by atoms with Crippen molar-refractivity contribution in [2.45, 2.75) is 25.3 Å². The first-order chi connectivity index (χ1) is 13.6. The second-order valence-corrected chi connectivity index (χ2v) is 7.18. The number of amides is 1. The highest BCUT2D eigenvalue weighted by Gasteiger charge is 2.27. The van der Waals surface area contributed by atoms with Crippen molar-refractivity contribution in [1.82, 2.24) is 19.0 Å². The van der Waals surface area contributed by atoms with E-state index < -0.39 is 0 Å². The van der Waals surface area contributed by atoms with Gasteiger partial charge in [-0.05, 0) is 37.1 Å². The molecule has 0 saturated carbocycles. The molecule has 146 valence electrons. The largest absolute Gasteiger partial charge is 0.491 e. The second kappa shape index (κ2) is 7.50. The fraction of sp³-hybridized carbons (Fsp3) is 0.381. The summed E-state index contributed by atoms with van der Waals surface area (Å²) in [6.45, 7) is 1.38. The maximum Gasteiger partial charge on any atom is 0.293 e. The van der Waals surface area contributed by atoms with E-state index in [0.717, 1.165) is 29.7 Å². The van der Waals surface area contributed by atoms with E-state index in [1.807, 2.05) is 23.1 Å². The van der Waals surface area contributed by atoms with Gasteiger partial charge in [-0.15, -0.1) is 0 Å². The first-order valence-corrected chi connectivity index (χ1v) is 9.51. The molecular weight excluding hydrogens is 356 g/mol. The molecule has 1 saturated heterocycles. The number of rotatable bonds is 4. The zero-order chi connectivity index (χ0) is 19.7. The highest BCUT2D eigenvalue weighted by atomic mass is 16.5. The number of para-hydroxylation sites is 2. The minimum absolute atomic E-state index is 0.0347. The van der Waals surface area contributed by atoms with Crippen LogP contribution in [0.4, 0.5) is 0 Å². The van der Waals surface area contributed by atoms with Gasteiger partial charge in [-0.2, -0.15) is 0 Å².